The van der Waals surface area contributed by atoms with E-state index in [1.807, 2.05) is 6.92 Å². The predicted molar refractivity (Wildman–Crippen MR) is 122 cm³/mol. The largest absolute Gasteiger partial charge is 0.367 e. The number of rotatable bonds is 5. The minimum atomic E-state index is -2.98. The molecule has 10 heteroatoms. The molecular weight excluding hydrogens is 450 g/mol. The molecule has 33 heavy (non-hydrogen) atoms. The minimum absolute atomic E-state index is 0.129. The van der Waals surface area contributed by atoms with E-state index in [9.17, 15) is 13.6 Å². The summed E-state index contributed by atoms with van der Waals surface area (Å²) in [6.45, 7) is 3.16. The Morgan fingerprint density at radius 1 is 1.24 bits per heavy atom. The smallest absolute Gasteiger partial charge is 0.275 e. The summed E-state index contributed by atoms with van der Waals surface area (Å²) in [5.74, 6) is -3.43. The zero-order valence-corrected chi connectivity index (χ0v) is 19.4. The summed E-state index contributed by atoms with van der Waals surface area (Å²) >= 11 is 5.99. The minimum Gasteiger partial charge on any atom is -0.367 e. The summed E-state index contributed by atoms with van der Waals surface area (Å²) in [5, 5.41) is 8.03. The third-order valence-corrected chi connectivity index (χ3v) is 6.05. The predicted octanol–water partition coefficient (Wildman–Crippen LogP) is 4.44. The molecule has 1 fully saturated rings. The number of benzene rings is 1. The summed E-state index contributed by atoms with van der Waals surface area (Å²) in [7, 11) is 1.69. The first-order chi connectivity index (χ1) is 15.6. The number of carbonyl (C=O) groups excluding carboxylic acids is 1. The molecule has 0 bridgehead atoms. The van der Waals surface area contributed by atoms with Crippen molar-refractivity contribution in [1.29, 1.82) is 0 Å². The maximum atomic E-state index is 14.6. The first kappa shape index (κ1) is 23.1. The van der Waals surface area contributed by atoms with Crippen LogP contribution in [0.15, 0.2) is 42.9 Å². The number of carbonyl (C=O) groups is 1. The first-order valence-corrected chi connectivity index (χ1v) is 11.0. The molecule has 1 N–H and O–H groups in total. The number of aryl methyl sites for hydroxylation is 2. The van der Waals surface area contributed by atoms with Crippen LogP contribution in [0.1, 0.15) is 29.5 Å². The van der Waals surface area contributed by atoms with E-state index in [0.717, 1.165) is 11.3 Å². The second kappa shape index (κ2) is 9.05. The van der Waals surface area contributed by atoms with Crippen molar-refractivity contribution in [3.05, 3.63) is 59.3 Å². The lowest BCUT2D eigenvalue weighted by Crippen LogP contribution is -2.57. The first-order valence-electron chi connectivity index (χ1n) is 10.6. The van der Waals surface area contributed by atoms with Crippen LogP contribution in [0.4, 0.5) is 14.6 Å². The van der Waals surface area contributed by atoms with Crippen molar-refractivity contribution in [2.75, 3.05) is 18.4 Å². The van der Waals surface area contributed by atoms with Crippen molar-refractivity contribution in [2.45, 2.75) is 32.2 Å². The summed E-state index contributed by atoms with van der Waals surface area (Å²) in [6.07, 6.45) is 4.61. The van der Waals surface area contributed by atoms with Crippen molar-refractivity contribution < 1.29 is 13.6 Å². The summed E-state index contributed by atoms with van der Waals surface area (Å²) in [6, 6.07) is 6.51. The normalized spacial score (nSPS) is 20.0. The third kappa shape index (κ3) is 5.13. The Bertz CT molecular complexity index is 1130. The van der Waals surface area contributed by atoms with Gasteiger partial charge in [-0.1, -0.05) is 30.7 Å². The molecule has 3 heterocycles. The number of hydrogen-bond acceptors (Lipinski definition) is 5. The van der Waals surface area contributed by atoms with Gasteiger partial charge < -0.3 is 10.2 Å². The van der Waals surface area contributed by atoms with Gasteiger partial charge in [0.05, 0.1) is 30.7 Å². The molecule has 1 aromatic carbocycles. The number of piperidine rings is 1. The molecule has 0 spiro atoms. The van der Waals surface area contributed by atoms with Gasteiger partial charge >= 0.3 is 0 Å². The van der Waals surface area contributed by atoms with Crippen LogP contribution in [-0.4, -0.2) is 55.6 Å². The Labute approximate surface area is 195 Å². The van der Waals surface area contributed by atoms with Gasteiger partial charge in [0.15, 0.2) is 5.69 Å². The summed E-state index contributed by atoms with van der Waals surface area (Å²) < 4.78 is 30.6. The van der Waals surface area contributed by atoms with Gasteiger partial charge in [-0.05, 0) is 30.5 Å². The molecule has 2 atom stereocenters. The maximum Gasteiger partial charge on any atom is 0.275 e. The molecule has 174 valence electrons. The van der Waals surface area contributed by atoms with Gasteiger partial charge in [0.2, 0.25) is 0 Å². The van der Waals surface area contributed by atoms with E-state index in [0.29, 0.717) is 16.4 Å². The van der Waals surface area contributed by atoms with Gasteiger partial charge in [-0.3, -0.25) is 14.5 Å². The van der Waals surface area contributed by atoms with Crippen molar-refractivity contribution in [3.8, 4) is 11.1 Å². The van der Waals surface area contributed by atoms with E-state index >= 15 is 0 Å². The van der Waals surface area contributed by atoms with Crippen LogP contribution in [-0.2, 0) is 7.05 Å². The summed E-state index contributed by atoms with van der Waals surface area (Å²) in [4.78, 5) is 23.3. The molecular formula is C23H25ClF2N6O. The SMILES string of the molecule is Cc1cnc(NCC2[C@H](C)CC(F)(F)CN2C(=O)c2nn(C)cc2-c2ccc(Cl)cc2)cn1. The Kier molecular flexibility index (Phi) is 6.34. The molecule has 0 radical (unpaired) electrons. The lowest BCUT2D eigenvalue weighted by atomic mass is 9.88. The van der Waals surface area contributed by atoms with Gasteiger partial charge in [0, 0.05) is 36.8 Å². The van der Waals surface area contributed by atoms with E-state index in [1.54, 1.807) is 56.8 Å². The number of alkyl halides is 2. The molecule has 1 aliphatic heterocycles. The fourth-order valence-corrected chi connectivity index (χ4v) is 4.32. The van der Waals surface area contributed by atoms with Crippen LogP contribution in [0.2, 0.25) is 5.02 Å². The molecule has 0 saturated carbocycles. The Morgan fingerprint density at radius 2 is 1.97 bits per heavy atom. The lowest BCUT2D eigenvalue weighted by Gasteiger charge is -2.43. The second-order valence-corrected chi connectivity index (χ2v) is 8.97. The van der Waals surface area contributed by atoms with Crippen molar-refractivity contribution in [3.63, 3.8) is 0 Å². The average molecular weight is 475 g/mol. The van der Waals surface area contributed by atoms with Gasteiger partial charge in [-0.25, -0.2) is 13.8 Å². The van der Waals surface area contributed by atoms with E-state index < -0.39 is 30.3 Å². The quantitative estimate of drug-likeness (QED) is 0.591. The highest BCUT2D eigenvalue weighted by molar-refractivity contribution is 6.30. The average Bonchev–Trinajstić information content (AvgIpc) is 3.15. The van der Waals surface area contributed by atoms with Gasteiger partial charge in [0.1, 0.15) is 5.82 Å². The highest BCUT2D eigenvalue weighted by Gasteiger charge is 2.46. The van der Waals surface area contributed by atoms with E-state index in [-0.39, 0.29) is 18.7 Å². The zero-order chi connectivity index (χ0) is 23.8. The Balaban J connectivity index is 1.64. The van der Waals surface area contributed by atoms with Crippen molar-refractivity contribution >= 4 is 23.3 Å². The number of nitrogens with zero attached hydrogens (tertiary/aromatic N) is 5. The number of aromatic nitrogens is 4. The molecule has 0 aliphatic carbocycles. The van der Waals surface area contributed by atoms with Crippen LogP contribution in [0, 0.1) is 12.8 Å². The molecule has 4 rings (SSSR count). The van der Waals surface area contributed by atoms with Gasteiger partial charge in [0.25, 0.3) is 11.8 Å². The number of nitrogens with one attached hydrogen (secondary N) is 1. The fraction of sp³-hybridized carbons (Fsp3) is 0.391. The molecule has 2 aromatic heterocycles. The monoisotopic (exact) mass is 474 g/mol. The molecule has 1 amide bonds. The van der Waals surface area contributed by atoms with E-state index in [4.69, 9.17) is 11.6 Å². The number of hydrogen-bond donors (Lipinski definition) is 1. The standard InChI is InChI=1S/C23H25ClF2N6O/c1-14-8-23(25,26)13-32(19(14)10-29-20-11-27-15(2)9-28-20)22(33)21-18(12-31(3)30-21)16-4-6-17(24)7-5-16/h4-7,9,11-12,14,19H,8,10,13H2,1-3H3,(H,28,29)/t14-,19?/m1/s1. The van der Waals surface area contributed by atoms with Crippen LogP contribution in [0.5, 0.6) is 0 Å². The summed E-state index contributed by atoms with van der Waals surface area (Å²) in [5.41, 5.74) is 2.20. The van der Waals surface area contributed by atoms with E-state index in [2.05, 4.69) is 20.4 Å². The van der Waals surface area contributed by atoms with Crippen molar-refractivity contribution in [1.82, 2.24) is 24.6 Å². The number of likely N-dealkylation sites (tertiary alicyclic amines) is 1. The van der Waals surface area contributed by atoms with Crippen LogP contribution in [0.3, 0.4) is 0 Å². The van der Waals surface area contributed by atoms with Crippen LogP contribution in [0.25, 0.3) is 11.1 Å². The van der Waals surface area contributed by atoms with Gasteiger partial charge in [-0.15, -0.1) is 0 Å². The second-order valence-electron chi connectivity index (χ2n) is 8.53. The Morgan fingerprint density at radius 3 is 2.64 bits per heavy atom. The van der Waals surface area contributed by atoms with Crippen LogP contribution >= 0.6 is 11.6 Å². The van der Waals surface area contributed by atoms with E-state index in [1.165, 1.54) is 9.58 Å². The highest BCUT2D eigenvalue weighted by Crippen LogP contribution is 2.36. The topological polar surface area (TPSA) is 75.9 Å². The van der Waals surface area contributed by atoms with Gasteiger partial charge in [-0.2, -0.15) is 5.10 Å². The fourth-order valence-electron chi connectivity index (χ4n) is 4.20. The maximum absolute atomic E-state index is 14.6. The lowest BCUT2D eigenvalue weighted by molar-refractivity contribution is -0.0898. The highest BCUT2D eigenvalue weighted by atomic mass is 35.5. The number of anilines is 1. The van der Waals surface area contributed by atoms with Crippen LogP contribution < -0.4 is 5.32 Å². The number of amides is 1. The molecule has 7 nitrogen and oxygen atoms in total. The van der Waals surface area contributed by atoms with Crippen molar-refractivity contribution in [2.24, 2.45) is 13.0 Å². The zero-order valence-electron chi connectivity index (χ0n) is 18.6. The molecule has 1 unspecified atom stereocenters. The number of halogens is 3. The molecule has 1 saturated heterocycles. The molecule has 3 aromatic rings. The third-order valence-electron chi connectivity index (χ3n) is 5.80. The Hall–Kier alpha value is -3.07. The molecule has 1 aliphatic rings.